The minimum Gasteiger partial charge on any atom is -0.464 e. The Labute approximate surface area is 118 Å². The quantitative estimate of drug-likeness (QED) is 0.338. The fraction of sp³-hybridized carbons (Fsp3) is 0.938. The Morgan fingerprint density at radius 2 is 1.53 bits per heavy atom. The fourth-order valence-electron chi connectivity index (χ4n) is 2.73. The van der Waals surface area contributed by atoms with Gasteiger partial charge in [0, 0.05) is 0 Å². The van der Waals surface area contributed by atoms with Crippen LogP contribution in [-0.4, -0.2) is 23.8 Å². The van der Waals surface area contributed by atoms with Crippen LogP contribution in [0.4, 0.5) is 0 Å². The molecule has 1 saturated heterocycles. The highest BCUT2D eigenvalue weighted by molar-refractivity contribution is 5.84. The predicted molar refractivity (Wildman–Crippen MR) is 77.1 cm³/mol. The molecule has 0 aromatic heterocycles. The lowest BCUT2D eigenvalue weighted by molar-refractivity contribution is -0.149. The summed E-state index contributed by atoms with van der Waals surface area (Å²) in [5.41, 5.74) is -1.01. The van der Waals surface area contributed by atoms with Gasteiger partial charge in [0.1, 0.15) is 5.60 Å². The van der Waals surface area contributed by atoms with Crippen molar-refractivity contribution in [3.63, 3.8) is 0 Å². The number of carbonyl (C=O) groups is 1. The summed E-state index contributed by atoms with van der Waals surface area (Å²) in [7, 11) is 0. The van der Waals surface area contributed by atoms with E-state index >= 15 is 0 Å². The molecule has 0 saturated carbocycles. The first-order chi connectivity index (χ1) is 9.00. The van der Waals surface area contributed by atoms with Crippen LogP contribution >= 0.6 is 0 Å². The van der Waals surface area contributed by atoms with Crippen molar-refractivity contribution >= 4 is 5.97 Å². The van der Waals surface area contributed by atoms with E-state index in [9.17, 15) is 4.79 Å². The number of epoxide rings is 1. The highest BCUT2D eigenvalue weighted by Crippen LogP contribution is 2.51. The molecule has 19 heavy (non-hydrogen) atoms. The van der Waals surface area contributed by atoms with Gasteiger partial charge in [0.15, 0.2) is 5.60 Å². The zero-order valence-electron chi connectivity index (χ0n) is 13.1. The largest absolute Gasteiger partial charge is 0.464 e. The van der Waals surface area contributed by atoms with E-state index in [1.807, 2.05) is 20.8 Å². The van der Waals surface area contributed by atoms with Crippen LogP contribution in [0.25, 0.3) is 0 Å². The number of ether oxygens (including phenoxy) is 2. The Kier molecular flexibility index (Phi) is 6.31. The Hall–Kier alpha value is -0.570. The van der Waals surface area contributed by atoms with Crippen LogP contribution in [0.1, 0.15) is 79.1 Å². The van der Waals surface area contributed by atoms with Crippen molar-refractivity contribution in [3.05, 3.63) is 0 Å². The Morgan fingerprint density at radius 1 is 1.00 bits per heavy atom. The molecule has 1 aliphatic rings. The molecule has 3 heteroatoms. The number of esters is 1. The van der Waals surface area contributed by atoms with Gasteiger partial charge in [-0.05, 0) is 33.6 Å². The summed E-state index contributed by atoms with van der Waals surface area (Å²) in [5, 5.41) is 0. The van der Waals surface area contributed by atoms with Crippen LogP contribution in [0.2, 0.25) is 0 Å². The van der Waals surface area contributed by atoms with Crippen molar-refractivity contribution in [2.24, 2.45) is 0 Å². The third kappa shape index (κ3) is 4.20. The summed E-state index contributed by atoms with van der Waals surface area (Å²) in [6.45, 7) is 8.46. The summed E-state index contributed by atoms with van der Waals surface area (Å²) in [6.07, 6.45) is 9.56. The van der Waals surface area contributed by atoms with Crippen LogP contribution in [0, 0.1) is 0 Å². The maximum absolute atomic E-state index is 12.0. The first-order valence-corrected chi connectivity index (χ1v) is 7.87. The van der Waals surface area contributed by atoms with Crippen LogP contribution in [0.15, 0.2) is 0 Å². The molecule has 1 aliphatic heterocycles. The fourth-order valence-corrected chi connectivity index (χ4v) is 2.73. The highest BCUT2D eigenvalue weighted by Gasteiger charge is 2.69. The zero-order chi connectivity index (χ0) is 14.4. The van der Waals surface area contributed by atoms with E-state index in [4.69, 9.17) is 9.47 Å². The normalized spacial score (nSPS) is 24.2. The van der Waals surface area contributed by atoms with Crippen molar-refractivity contribution in [2.45, 2.75) is 90.3 Å². The molecule has 0 amide bonds. The lowest BCUT2D eigenvalue weighted by Crippen LogP contribution is -2.33. The molecular weight excluding hydrogens is 240 g/mol. The van der Waals surface area contributed by atoms with Crippen molar-refractivity contribution in [2.75, 3.05) is 6.61 Å². The summed E-state index contributed by atoms with van der Waals surface area (Å²) in [6, 6.07) is 0. The van der Waals surface area contributed by atoms with Gasteiger partial charge in [-0.15, -0.1) is 0 Å². The molecule has 0 radical (unpaired) electrons. The van der Waals surface area contributed by atoms with Gasteiger partial charge in [-0.25, -0.2) is 4.79 Å². The predicted octanol–water partition coefficient (Wildman–Crippen LogP) is 4.24. The van der Waals surface area contributed by atoms with E-state index in [-0.39, 0.29) is 11.6 Å². The van der Waals surface area contributed by atoms with Crippen LogP contribution in [-0.2, 0) is 14.3 Å². The maximum Gasteiger partial charge on any atom is 0.341 e. The second kappa shape index (κ2) is 7.28. The Bertz CT molecular complexity index is 286. The van der Waals surface area contributed by atoms with Gasteiger partial charge in [0.05, 0.1) is 6.61 Å². The molecule has 1 fully saturated rings. The molecule has 0 spiro atoms. The molecule has 112 valence electrons. The number of rotatable bonds is 10. The zero-order valence-corrected chi connectivity index (χ0v) is 13.1. The van der Waals surface area contributed by atoms with Gasteiger partial charge in [0.2, 0.25) is 0 Å². The van der Waals surface area contributed by atoms with Crippen LogP contribution in [0.5, 0.6) is 0 Å². The van der Waals surface area contributed by atoms with Gasteiger partial charge in [0.25, 0.3) is 0 Å². The van der Waals surface area contributed by atoms with Crippen molar-refractivity contribution in [3.8, 4) is 0 Å². The second-order valence-corrected chi connectivity index (χ2v) is 6.03. The summed E-state index contributed by atoms with van der Waals surface area (Å²) >= 11 is 0. The Morgan fingerprint density at radius 3 is 2.00 bits per heavy atom. The van der Waals surface area contributed by atoms with Crippen molar-refractivity contribution in [1.29, 1.82) is 0 Å². The van der Waals surface area contributed by atoms with Gasteiger partial charge >= 0.3 is 5.97 Å². The minimum absolute atomic E-state index is 0.175. The van der Waals surface area contributed by atoms with Gasteiger partial charge in [-0.2, -0.15) is 0 Å². The monoisotopic (exact) mass is 270 g/mol. The maximum atomic E-state index is 12.0. The van der Waals surface area contributed by atoms with E-state index in [0.717, 1.165) is 12.8 Å². The molecule has 0 N–H and O–H groups in total. The third-order valence-corrected chi connectivity index (χ3v) is 4.10. The van der Waals surface area contributed by atoms with Crippen molar-refractivity contribution < 1.29 is 14.3 Å². The van der Waals surface area contributed by atoms with Crippen LogP contribution in [0.3, 0.4) is 0 Å². The third-order valence-electron chi connectivity index (χ3n) is 4.10. The second-order valence-electron chi connectivity index (χ2n) is 6.03. The lowest BCUT2D eigenvalue weighted by atomic mass is 9.90. The molecule has 3 nitrogen and oxygen atoms in total. The number of hydrogen-bond acceptors (Lipinski definition) is 3. The van der Waals surface area contributed by atoms with Gasteiger partial charge in [-0.3, -0.25) is 0 Å². The standard InChI is InChI=1S/C16H30O3/c1-5-7-8-9-10-11-12-13-16(14(17)18-6-2)15(3,4)19-16/h5-13H2,1-4H3/t16-/m0/s1. The van der Waals surface area contributed by atoms with E-state index in [0.29, 0.717) is 6.61 Å². The summed E-state index contributed by atoms with van der Waals surface area (Å²) in [5.74, 6) is -0.175. The molecule has 0 aromatic carbocycles. The SMILES string of the molecule is CCCCCCCCC[C@@]1(C(=O)OCC)OC1(C)C. The molecule has 0 unspecified atom stereocenters. The molecule has 1 rings (SSSR count). The summed E-state index contributed by atoms with van der Waals surface area (Å²) in [4.78, 5) is 12.0. The average Bonchev–Trinajstić information content (AvgIpc) is 2.92. The molecule has 0 bridgehead atoms. The molecule has 1 atom stereocenters. The van der Waals surface area contributed by atoms with Crippen molar-refractivity contribution in [1.82, 2.24) is 0 Å². The van der Waals surface area contributed by atoms with Crippen LogP contribution < -0.4 is 0 Å². The first-order valence-electron chi connectivity index (χ1n) is 7.87. The first kappa shape index (κ1) is 16.5. The van der Waals surface area contributed by atoms with Gasteiger partial charge in [-0.1, -0.05) is 45.4 Å². The molecule has 0 aromatic rings. The van der Waals surface area contributed by atoms with E-state index in [1.54, 1.807) is 0 Å². The molecular formula is C16H30O3. The van der Waals surface area contributed by atoms with E-state index < -0.39 is 5.60 Å². The van der Waals surface area contributed by atoms with E-state index in [1.165, 1.54) is 38.5 Å². The van der Waals surface area contributed by atoms with Gasteiger partial charge < -0.3 is 9.47 Å². The topological polar surface area (TPSA) is 38.8 Å². The number of unbranched alkanes of at least 4 members (excludes halogenated alkanes) is 6. The number of hydrogen-bond donors (Lipinski definition) is 0. The minimum atomic E-state index is -0.660. The lowest BCUT2D eigenvalue weighted by Gasteiger charge is -2.13. The smallest absolute Gasteiger partial charge is 0.341 e. The molecule has 0 aliphatic carbocycles. The Balaban J connectivity index is 2.23. The summed E-state index contributed by atoms with van der Waals surface area (Å²) < 4.78 is 10.8. The molecule has 1 heterocycles. The highest BCUT2D eigenvalue weighted by atomic mass is 16.7. The average molecular weight is 270 g/mol. The number of carbonyl (C=O) groups excluding carboxylic acids is 1. The van der Waals surface area contributed by atoms with E-state index in [2.05, 4.69) is 6.92 Å².